The van der Waals surface area contributed by atoms with Gasteiger partial charge < -0.3 is 5.11 Å². The summed E-state index contributed by atoms with van der Waals surface area (Å²) in [5.41, 5.74) is 0.125. The summed E-state index contributed by atoms with van der Waals surface area (Å²) in [6.45, 7) is 2.16. The molecule has 0 saturated carbocycles. The van der Waals surface area contributed by atoms with Gasteiger partial charge in [0.25, 0.3) is 0 Å². The minimum Gasteiger partial charge on any atom is -0.377 e. The van der Waals surface area contributed by atoms with Gasteiger partial charge in [0.2, 0.25) is 0 Å². The molecule has 1 aromatic rings. The number of benzene rings is 1. The highest BCUT2D eigenvalue weighted by molar-refractivity contribution is 7.91. The van der Waals surface area contributed by atoms with Gasteiger partial charge in [0, 0.05) is 6.26 Å². The summed E-state index contributed by atoms with van der Waals surface area (Å²) in [4.78, 5) is 0. The zero-order valence-electron chi connectivity index (χ0n) is 12.9. The van der Waals surface area contributed by atoms with Crippen molar-refractivity contribution in [2.45, 2.75) is 44.5 Å². The molecule has 2 atom stereocenters. The van der Waals surface area contributed by atoms with Gasteiger partial charge in [-0.05, 0) is 43.6 Å². The third-order valence-electron chi connectivity index (χ3n) is 3.51. The van der Waals surface area contributed by atoms with Crippen LogP contribution in [0, 0.1) is 5.92 Å². The highest BCUT2D eigenvalue weighted by Crippen LogP contribution is 2.13. The molecule has 0 aliphatic carbocycles. The van der Waals surface area contributed by atoms with Crippen LogP contribution in [0.2, 0.25) is 0 Å². The number of aliphatic hydroxyl groups is 1. The van der Waals surface area contributed by atoms with Gasteiger partial charge in [0.15, 0.2) is 15.3 Å². The first-order valence-electron chi connectivity index (χ1n) is 7.47. The smallest absolute Gasteiger partial charge is 0.173 e. The van der Waals surface area contributed by atoms with Crippen molar-refractivity contribution in [1.82, 2.24) is 0 Å². The maximum atomic E-state index is 11.1. The van der Waals surface area contributed by atoms with Crippen molar-refractivity contribution in [3.05, 3.63) is 48.0 Å². The first-order valence-corrected chi connectivity index (χ1v) is 9.42. The van der Waals surface area contributed by atoms with E-state index in [4.69, 9.17) is 0 Å². The molecule has 1 N–H and O–H groups in total. The molecule has 1 aromatic carbocycles. The van der Waals surface area contributed by atoms with E-state index in [0.717, 1.165) is 25.5 Å². The maximum Gasteiger partial charge on any atom is 0.173 e. The number of sulfone groups is 1. The van der Waals surface area contributed by atoms with Crippen LogP contribution in [-0.2, 0) is 16.3 Å². The summed E-state index contributed by atoms with van der Waals surface area (Å²) in [6, 6.07) is 10.4. The molecule has 0 aliphatic rings. The van der Waals surface area contributed by atoms with E-state index < -0.39 is 15.3 Å². The fourth-order valence-corrected chi connectivity index (χ4v) is 2.71. The van der Waals surface area contributed by atoms with Gasteiger partial charge in [0.1, 0.15) is 0 Å². The average molecular weight is 310 g/mol. The SMILES string of the molecule is CC(C=CCC[C@H](O)S(C)(=O)=O)CCCc1ccccc1. The van der Waals surface area contributed by atoms with Crippen LogP contribution in [0.5, 0.6) is 0 Å². The lowest BCUT2D eigenvalue weighted by Gasteiger charge is -2.07. The standard InChI is InChI=1S/C17H26O3S/c1-15(9-6-7-14-17(18)21(2,19)20)10-8-13-16-11-4-3-5-12-16/h3-6,9,11-12,15,17-18H,7-8,10,13-14H2,1-2H3/t15?,17-/m1/s1. The second-order valence-electron chi connectivity index (χ2n) is 5.64. The third-order valence-corrected chi connectivity index (χ3v) is 4.73. The molecule has 0 saturated heterocycles. The van der Waals surface area contributed by atoms with E-state index in [2.05, 4.69) is 37.3 Å². The van der Waals surface area contributed by atoms with Gasteiger partial charge in [-0.1, -0.05) is 49.4 Å². The van der Waals surface area contributed by atoms with Crippen molar-refractivity contribution in [1.29, 1.82) is 0 Å². The van der Waals surface area contributed by atoms with Crippen LogP contribution in [0.3, 0.4) is 0 Å². The Balaban J connectivity index is 2.18. The molecule has 1 rings (SSSR count). The molecule has 0 heterocycles. The molecule has 0 aromatic heterocycles. The topological polar surface area (TPSA) is 54.4 Å². The lowest BCUT2D eigenvalue weighted by molar-refractivity contribution is 0.240. The molecule has 0 fully saturated rings. The molecule has 118 valence electrons. The Bertz CT molecular complexity index is 520. The Labute approximate surface area is 128 Å². The highest BCUT2D eigenvalue weighted by atomic mass is 32.2. The van der Waals surface area contributed by atoms with E-state index in [1.807, 2.05) is 12.1 Å². The first-order chi connectivity index (χ1) is 9.89. The molecule has 21 heavy (non-hydrogen) atoms. The van der Waals surface area contributed by atoms with E-state index in [1.54, 1.807) is 0 Å². The van der Waals surface area contributed by atoms with Crippen LogP contribution in [-0.4, -0.2) is 25.2 Å². The van der Waals surface area contributed by atoms with Crippen molar-refractivity contribution >= 4 is 9.84 Å². The van der Waals surface area contributed by atoms with Crippen molar-refractivity contribution in [3.8, 4) is 0 Å². The Morgan fingerprint density at radius 2 is 1.86 bits per heavy atom. The van der Waals surface area contributed by atoms with Gasteiger partial charge in [-0.3, -0.25) is 0 Å². The van der Waals surface area contributed by atoms with Crippen LogP contribution in [0.1, 0.15) is 38.2 Å². The number of allylic oxidation sites excluding steroid dienone is 2. The molecule has 0 bridgehead atoms. The first kappa shape index (κ1) is 17.9. The minimum atomic E-state index is -3.33. The van der Waals surface area contributed by atoms with Crippen molar-refractivity contribution in [2.75, 3.05) is 6.26 Å². The van der Waals surface area contributed by atoms with Gasteiger partial charge in [0.05, 0.1) is 0 Å². The summed E-state index contributed by atoms with van der Waals surface area (Å²) in [5, 5.41) is 9.40. The molecular weight excluding hydrogens is 284 g/mol. The summed E-state index contributed by atoms with van der Waals surface area (Å²) < 4.78 is 22.1. The van der Waals surface area contributed by atoms with Crippen molar-refractivity contribution in [2.24, 2.45) is 5.92 Å². The van der Waals surface area contributed by atoms with Gasteiger partial charge >= 0.3 is 0 Å². The predicted molar refractivity (Wildman–Crippen MR) is 87.8 cm³/mol. The van der Waals surface area contributed by atoms with Crippen molar-refractivity contribution in [3.63, 3.8) is 0 Å². The van der Waals surface area contributed by atoms with Gasteiger partial charge in [-0.2, -0.15) is 0 Å². The number of hydrogen-bond donors (Lipinski definition) is 1. The summed E-state index contributed by atoms with van der Waals surface area (Å²) in [5.74, 6) is 0.476. The third kappa shape index (κ3) is 8.02. The monoisotopic (exact) mass is 310 g/mol. The molecule has 4 heteroatoms. The Morgan fingerprint density at radius 1 is 1.19 bits per heavy atom. The predicted octanol–water partition coefficient (Wildman–Crippen LogP) is 3.34. The second kappa shape index (κ2) is 9.00. The zero-order valence-corrected chi connectivity index (χ0v) is 13.7. The van der Waals surface area contributed by atoms with Crippen LogP contribution in [0.4, 0.5) is 0 Å². The zero-order chi connectivity index (χ0) is 15.7. The van der Waals surface area contributed by atoms with E-state index in [9.17, 15) is 13.5 Å². The number of aryl methyl sites for hydroxylation is 1. The van der Waals surface area contributed by atoms with Crippen LogP contribution in [0.25, 0.3) is 0 Å². The molecule has 0 amide bonds. The number of rotatable bonds is 9. The normalized spacial score (nSPS) is 15.2. The van der Waals surface area contributed by atoms with E-state index in [1.165, 1.54) is 5.56 Å². The summed E-state index contributed by atoms with van der Waals surface area (Å²) in [7, 11) is -3.33. The fourth-order valence-electron chi connectivity index (χ4n) is 2.15. The molecular formula is C17H26O3S. The molecule has 3 nitrogen and oxygen atoms in total. The van der Waals surface area contributed by atoms with Gasteiger partial charge in [-0.15, -0.1) is 0 Å². The Hall–Kier alpha value is -1.13. The Morgan fingerprint density at radius 3 is 2.48 bits per heavy atom. The van der Waals surface area contributed by atoms with E-state index in [0.29, 0.717) is 12.3 Å². The van der Waals surface area contributed by atoms with Gasteiger partial charge in [-0.25, -0.2) is 8.42 Å². The number of aliphatic hydroxyl groups excluding tert-OH is 1. The average Bonchev–Trinajstić information content (AvgIpc) is 2.43. The molecule has 0 aliphatic heterocycles. The van der Waals surface area contributed by atoms with Crippen LogP contribution >= 0.6 is 0 Å². The van der Waals surface area contributed by atoms with Crippen LogP contribution < -0.4 is 0 Å². The molecule has 1 unspecified atom stereocenters. The lowest BCUT2D eigenvalue weighted by Crippen LogP contribution is -2.18. The quantitative estimate of drug-likeness (QED) is 0.712. The van der Waals surface area contributed by atoms with Crippen molar-refractivity contribution < 1.29 is 13.5 Å². The summed E-state index contributed by atoms with van der Waals surface area (Å²) in [6.07, 6.45) is 9.35. The lowest BCUT2D eigenvalue weighted by atomic mass is 10.0. The summed E-state index contributed by atoms with van der Waals surface area (Å²) >= 11 is 0. The maximum absolute atomic E-state index is 11.1. The second-order valence-corrected chi connectivity index (χ2v) is 7.85. The van der Waals surface area contributed by atoms with E-state index >= 15 is 0 Å². The Kier molecular flexibility index (Phi) is 7.68. The number of hydrogen-bond acceptors (Lipinski definition) is 3. The largest absolute Gasteiger partial charge is 0.377 e. The van der Waals surface area contributed by atoms with E-state index in [-0.39, 0.29) is 6.42 Å². The highest BCUT2D eigenvalue weighted by Gasteiger charge is 2.15. The fraction of sp³-hybridized carbons (Fsp3) is 0.529. The molecule has 0 spiro atoms. The molecule has 0 radical (unpaired) electrons. The minimum absolute atomic E-state index is 0.270. The van der Waals surface area contributed by atoms with Crippen LogP contribution in [0.15, 0.2) is 42.5 Å².